The summed E-state index contributed by atoms with van der Waals surface area (Å²) in [7, 11) is 0. The van der Waals surface area contributed by atoms with Gasteiger partial charge in [-0.3, -0.25) is 9.59 Å². The monoisotopic (exact) mass is 198 g/mol. The van der Waals surface area contributed by atoms with Crippen LogP contribution in [0, 0.1) is 5.41 Å². The van der Waals surface area contributed by atoms with Crippen LogP contribution in [-0.2, 0) is 9.59 Å². The molecule has 14 heavy (non-hydrogen) atoms. The second kappa shape index (κ2) is 4.09. The zero-order valence-electron chi connectivity index (χ0n) is 9.09. The van der Waals surface area contributed by atoms with Crippen molar-refractivity contribution in [2.45, 2.75) is 20.8 Å². The Morgan fingerprint density at radius 1 is 1.14 bits per heavy atom. The van der Waals surface area contributed by atoms with Crippen LogP contribution < -0.4 is 5.32 Å². The van der Waals surface area contributed by atoms with E-state index >= 15 is 0 Å². The molecule has 0 atom stereocenters. The molecule has 1 fully saturated rings. The lowest BCUT2D eigenvalue weighted by atomic mass is 9.90. The standard InChI is InChI=1S/C10H18N2O2/c1-10(2,3)8(13)9(14)12-6-4-11-5-7-12/h11H,4-7H2,1-3H3. The summed E-state index contributed by atoms with van der Waals surface area (Å²) in [6.45, 7) is 8.16. The number of piperazine rings is 1. The Labute approximate surface area is 84.7 Å². The summed E-state index contributed by atoms with van der Waals surface area (Å²) in [5.41, 5.74) is -0.568. The average Bonchev–Trinajstić information content (AvgIpc) is 2.15. The Hall–Kier alpha value is -0.900. The first kappa shape index (κ1) is 11.2. The molecule has 4 heteroatoms. The molecule has 0 aromatic heterocycles. The van der Waals surface area contributed by atoms with Gasteiger partial charge in [0.1, 0.15) is 0 Å². The number of nitrogens with zero attached hydrogens (tertiary/aromatic N) is 1. The molecule has 0 radical (unpaired) electrons. The van der Waals surface area contributed by atoms with Gasteiger partial charge in [0.05, 0.1) is 0 Å². The van der Waals surface area contributed by atoms with E-state index in [0.717, 1.165) is 13.1 Å². The Bertz CT molecular complexity index is 237. The molecule has 0 aliphatic carbocycles. The molecule has 0 spiro atoms. The van der Waals surface area contributed by atoms with Crippen LogP contribution in [0.2, 0.25) is 0 Å². The van der Waals surface area contributed by atoms with Crippen molar-refractivity contribution in [2.75, 3.05) is 26.2 Å². The van der Waals surface area contributed by atoms with Crippen molar-refractivity contribution in [3.8, 4) is 0 Å². The number of nitrogens with one attached hydrogen (secondary N) is 1. The van der Waals surface area contributed by atoms with Gasteiger partial charge in [-0.25, -0.2) is 0 Å². The summed E-state index contributed by atoms with van der Waals surface area (Å²) < 4.78 is 0. The van der Waals surface area contributed by atoms with E-state index in [2.05, 4.69) is 5.32 Å². The number of Topliss-reactive ketones (excluding diaryl/α,β-unsaturated/α-hetero) is 1. The molecule has 4 nitrogen and oxygen atoms in total. The lowest BCUT2D eigenvalue weighted by molar-refractivity contribution is -0.149. The molecule has 1 heterocycles. The molecular formula is C10H18N2O2. The minimum Gasteiger partial charge on any atom is -0.334 e. The first-order chi connectivity index (χ1) is 6.43. The fourth-order valence-electron chi connectivity index (χ4n) is 1.33. The van der Waals surface area contributed by atoms with E-state index in [1.807, 2.05) is 0 Å². The van der Waals surface area contributed by atoms with Gasteiger partial charge < -0.3 is 10.2 Å². The van der Waals surface area contributed by atoms with Gasteiger partial charge in [-0.15, -0.1) is 0 Å². The van der Waals surface area contributed by atoms with Crippen molar-refractivity contribution in [3.05, 3.63) is 0 Å². The molecule has 0 unspecified atom stereocenters. The maximum absolute atomic E-state index is 11.7. The summed E-state index contributed by atoms with van der Waals surface area (Å²) in [6.07, 6.45) is 0. The Morgan fingerprint density at radius 3 is 2.07 bits per heavy atom. The third-order valence-electron chi connectivity index (χ3n) is 2.28. The highest BCUT2D eigenvalue weighted by Crippen LogP contribution is 2.16. The molecule has 1 N–H and O–H groups in total. The van der Waals surface area contributed by atoms with Crippen LogP contribution in [0.4, 0.5) is 0 Å². The van der Waals surface area contributed by atoms with E-state index in [4.69, 9.17) is 0 Å². The number of hydrogen-bond acceptors (Lipinski definition) is 3. The van der Waals surface area contributed by atoms with Gasteiger partial charge >= 0.3 is 0 Å². The van der Waals surface area contributed by atoms with Crippen molar-refractivity contribution in [1.82, 2.24) is 10.2 Å². The normalized spacial score (nSPS) is 18.1. The van der Waals surface area contributed by atoms with Crippen LogP contribution in [0.5, 0.6) is 0 Å². The molecule has 1 aliphatic heterocycles. The molecule has 0 aromatic rings. The SMILES string of the molecule is CC(C)(C)C(=O)C(=O)N1CCNCC1. The second-order valence-electron chi connectivity index (χ2n) is 4.62. The predicted octanol–water partition coefficient (Wildman–Crippen LogP) is 0.0334. The van der Waals surface area contributed by atoms with Crippen LogP contribution in [0.15, 0.2) is 0 Å². The van der Waals surface area contributed by atoms with Crippen molar-refractivity contribution in [1.29, 1.82) is 0 Å². The van der Waals surface area contributed by atoms with E-state index in [-0.39, 0.29) is 11.7 Å². The van der Waals surface area contributed by atoms with Crippen LogP contribution in [0.25, 0.3) is 0 Å². The van der Waals surface area contributed by atoms with Gasteiger partial charge in [0.15, 0.2) is 0 Å². The molecule has 1 amide bonds. The van der Waals surface area contributed by atoms with E-state index in [1.165, 1.54) is 0 Å². The zero-order chi connectivity index (χ0) is 10.8. The van der Waals surface area contributed by atoms with Gasteiger partial charge in [-0.2, -0.15) is 0 Å². The second-order valence-corrected chi connectivity index (χ2v) is 4.62. The van der Waals surface area contributed by atoms with Crippen LogP contribution >= 0.6 is 0 Å². The molecule has 1 aliphatic rings. The highest BCUT2D eigenvalue weighted by molar-refractivity contribution is 6.37. The van der Waals surface area contributed by atoms with Crippen LogP contribution in [0.1, 0.15) is 20.8 Å². The van der Waals surface area contributed by atoms with E-state index in [9.17, 15) is 9.59 Å². The van der Waals surface area contributed by atoms with Gasteiger partial charge in [-0.05, 0) is 0 Å². The smallest absolute Gasteiger partial charge is 0.290 e. The van der Waals surface area contributed by atoms with Gasteiger partial charge in [0, 0.05) is 31.6 Å². The summed E-state index contributed by atoms with van der Waals surface area (Å²) in [5.74, 6) is -0.626. The van der Waals surface area contributed by atoms with Crippen LogP contribution in [0.3, 0.4) is 0 Å². The molecular weight excluding hydrogens is 180 g/mol. The highest BCUT2D eigenvalue weighted by Gasteiger charge is 2.32. The van der Waals surface area contributed by atoms with E-state index in [1.54, 1.807) is 25.7 Å². The molecule has 1 rings (SSSR count). The summed E-state index contributed by atoms with van der Waals surface area (Å²) in [4.78, 5) is 25.0. The average molecular weight is 198 g/mol. The van der Waals surface area contributed by atoms with E-state index < -0.39 is 5.41 Å². The number of ketones is 1. The lowest BCUT2D eigenvalue weighted by Gasteiger charge is -2.29. The predicted molar refractivity (Wildman–Crippen MR) is 53.9 cm³/mol. The Kier molecular flexibility index (Phi) is 3.26. The first-order valence-electron chi connectivity index (χ1n) is 4.97. The van der Waals surface area contributed by atoms with E-state index in [0.29, 0.717) is 13.1 Å². The number of rotatable bonds is 1. The summed E-state index contributed by atoms with van der Waals surface area (Å²) in [6, 6.07) is 0. The van der Waals surface area contributed by atoms with Crippen molar-refractivity contribution in [2.24, 2.45) is 5.41 Å². The molecule has 0 bridgehead atoms. The largest absolute Gasteiger partial charge is 0.334 e. The summed E-state index contributed by atoms with van der Waals surface area (Å²) >= 11 is 0. The van der Waals surface area contributed by atoms with Crippen LogP contribution in [-0.4, -0.2) is 42.8 Å². The first-order valence-corrected chi connectivity index (χ1v) is 4.97. The summed E-state index contributed by atoms with van der Waals surface area (Å²) in [5, 5.41) is 3.14. The minimum absolute atomic E-state index is 0.292. The van der Waals surface area contributed by atoms with Crippen molar-refractivity contribution >= 4 is 11.7 Å². The topological polar surface area (TPSA) is 49.4 Å². The Balaban J connectivity index is 2.60. The van der Waals surface area contributed by atoms with Gasteiger partial charge in [0.25, 0.3) is 5.91 Å². The van der Waals surface area contributed by atoms with Crippen molar-refractivity contribution < 1.29 is 9.59 Å². The third kappa shape index (κ3) is 2.54. The number of carbonyl (C=O) groups is 2. The zero-order valence-corrected chi connectivity index (χ0v) is 9.09. The third-order valence-corrected chi connectivity index (χ3v) is 2.28. The lowest BCUT2D eigenvalue weighted by Crippen LogP contribution is -2.50. The molecule has 0 aromatic carbocycles. The number of hydrogen-bond donors (Lipinski definition) is 1. The van der Waals surface area contributed by atoms with Crippen molar-refractivity contribution in [3.63, 3.8) is 0 Å². The maximum Gasteiger partial charge on any atom is 0.290 e. The number of amides is 1. The van der Waals surface area contributed by atoms with Gasteiger partial charge in [-0.1, -0.05) is 20.8 Å². The van der Waals surface area contributed by atoms with Gasteiger partial charge in [0.2, 0.25) is 5.78 Å². The Morgan fingerprint density at radius 2 is 1.64 bits per heavy atom. The fraction of sp³-hybridized carbons (Fsp3) is 0.800. The maximum atomic E-state index is 11.7. The highest BCUT2D eigenvalue weighted by atomic mass is 16.2. The number of carbonyl (C=O) groups excluding carboxylic acids is 2. The quantitative estimate of drug-likeness (QED) is 0.605. The minimum atomic E-state index is -0.568. The fourth-order valence-corrected chi connectivity index (χ4v) is 1.33. The molecule has 80 valence electrons. The molecule has 1 saturated heterocycles. The molecule has 0 saturated carbocycles.